The minimum absolute atomic E-state index is 0. The summed E-state index contributed by atoms with van der Waals surface area (Å²) in [5.41, 5.74) is 6.63. The van der Waals surface area contributed by atoms with Crippen molar-refractivity contribution in [1.29, 1.82) is 0 Å². The number of halogens is 1. The van der Waals surface area contributed by atoms with Gasteiger partial charge in [0.2, 0.25) is 0 Å². The van der Waals surface area contributed by atoms with Crippen molar-refractivity contribution in [3.63, 3.8) is 0 Å². The lowest BCUT2D eigenvalue weighted by Crippen LogP contribution is -2.51. The van der Waals surface area contributed by atoms with Crippen molar-refractivity contribution >= 4 is 46.4 Å². The molecule has 0 atom stereocenters. The molecule has 1 aromatic rings. The smallest absolute Gasteiger partial charge is 0.191 e. The minimum atomic E-state index is 0. The van der Waals surface area contributed by atoms with Crippen LogP contribution >= 0.6 is 35.3 Å². The molecule has 21 heavy (non-hydrogen) atoms. The van der Waals surface area contributed by atoms with E-state index in [0.717, 1.165) is 43.8 Å². The topological polar surface area (TPSA) is 57.8 Å². The summed E-state index contributed by atoms with van der Waals surface area (Å²) in [6.07, 6.45) is 5.72. The maximum Gasteiger partial charge on any atom is 0.191 e. The molecule has 2 N–H and O–H groups in total. The second kappa shape index (κ2) is 7.13. The van der Waals surface area contributed by atoms with Gasteiger partial charge in [-0.15, -0.1) is 35.3 Å². The fourth-order valence-electron chi connectivity index (χ4n) is 2.65. The average molecular weight is 421 g/mol. The Labute approximate surface area is 147 Å². The van der Waals surface area contributed by atoms with Crippen LogP contribution in [0.25, 0.3) is 0 Å². The van der Waals surface area contributed by atoms with Crippen LogP contribution in [-0.2, 0) is 0 Å². The molecule has 1 saturated carbocycles. The Morgan fingerprint density at radius 2 is 2.10 bits per heavy atom. The molecule has 1 aromatic heterocycles. The van der Waals surface area contributed by atoms with Gasteiger partial charge in [-0.3, -0.25) is 4.99 Å². The van der Waals surface area contributed by atoms with Crippen LogP contribution in [0.1, 0.15) is 26.2 Å². The van der Waals surface area contributed by atoms with Gasteiger partial charge in [-0.2, -0.15) is 0 Å². The van der Waals surface area contributed by atoms with Gasteiger partial charge in [-0.25, -0.2) is 4.98 Å². The van der Waals surface area contributed by atoms with Crippen LogP contribution in [-0.4, -0.2) is 48.6 Å². The fraction of sp³-hybridized carbons (Fsp3) is 0.714. The number of nitrogens with zero attached hydrogens (tertiary/aromatic N) is 4. The van der Waals surface area contributed by atoms with Crippen LogP contribution in [0, 0.1) is 5.41 Å². The monoisotopic (exact) mass is 421 g/mol. The largest absolute Gasteiger partial charge is 0.370 e. The molecule has 0 amide bonds. The lowest BCUT2D eigenvalue weighted by atomic mass is 10.1. The fourth-order valence-corrected chi connectivity index (χ4v) is 3.34. The number of piperazine rings is 1. The maximum atomic E-state index is 6.15. The highest BCUT2D eigenvalue weighted by atomic mass is 127. The van der Waals surface area contributed by atoms with E-state index in [1.807, 2.05) is 11.6 Å². The highest BCUT2D eigenvalue weighted by Gasteiger charge is 2.40. The standard InChI is InChI=1S/C14H23N5S.HI/c1-2-14(3-4-14)11-17-12(15)18-6-8-19(9-7-18)13-16-5-10-20-13;/h5,10H,2-4,6-9,11H2,1H3,(H2,15,17);1H. The zero-order valence-corrected chi connectivity index (χ0v) is 15.6. The molecule has 118 valence electrons. The summed E-state index contributed by atoms with van der Waals surface area (Å²) in [6, 6.07) is 0. The Balaban J connectivity index is 0.00000161. The first kappa shape index (κ1) is 16.8. The molecule has 7 heteroatoms. The van der Waals surface area contributed by atoms with E-state index in [-0.39, 0.29) is 24.0 Å². The van der Waals surface area contributed by atoms with E-state index in [9.17, 15) is 0 Å². The van der Waals surface area contributed by atoms with E-state index in [1.54, 1.807) is 11.3 Å². The molecule has 0 unspecified atom stereocenters. The molecule has 1 saturated heterocycles. The van der Waals surface area contributed by atoms with Crippen molar-refractivity contribution in [1.82, 2.24) is 9.88 Å². The van der Waals surface area contributed by atoms with Gasteiger partial charge in [-0.1, -0.05) is 6.92 Å². The van der Waals surface area contributed by atoms with Crippen molar-refractivity contribution < 1.29 is 0 Å². The molecule has 2 fully saturated rings. The van der Waals surface area contributed by atoms with Gasteiger partial charge >= 0.3 is 0 Å². The molecular formula is C14H24IN5S. The molecule has 0 spiro atoms. The number of guanidine groups is 1. The van der Waals surface area contributed by atoms with Gasteiger partial charge in [0.15, 0.2) is 11.1 Å². The molecule has 0 radical (unpaired) electrons. The van der Waals surface area contributed by atoms with E-state index in [0.29, 0.717) is 5.41 Å². The Kier molecular flexibility index (Phi) is 5.70. The minimum Gasteiger partial charge on any atom is -0.370 e. The maximum absolute atomic E-state index is 6.15. The van der Waals surface area contributed by atoms with Gasteiger partial charge < -0.3 is 15.5 Å². The van der Waals surface area contributed by atoms with Gasteiger partial charge in [0, 0.05) is 44.3 Å². The summed E-state index contributed by atoms with van der Waals surface area (Å²) in [5, 5.41) is 3.14. The number of aromatic nitrogens is 1. The van der Waals surface area contributed by atoms with Crippen molar-refractivity contribution in [3.05, 3.63) is 11.6 Å². The van der Waals surface area contributed by atoms with Gasteiger partial charge in [0.25, 0.3) is 0 Å². The van der Waals surface area contributed by atoms with Gasteiger partial charge in [0.1, 0.15) is 0 Å². The summed E-state index contributed by atoms with van der Waals surface area (Å²) in [7, 11) is 0. The number of anilines is 1. The van der Waals surface area contributed by atoms with Crippen LogP contribution in [0.15, 0.2) is 16.6 Å². The third-order valence-electron chi connectivity index (χ3n) is 4.58. The Bertz CT molecular complexity index is 464. The molecule has 2 aliphatic rings. The van der Waals surface area contributed by atoms with E-state index in [4.69, 9.17) is 5.73 Å². The predicted molar refractivity (Wildman–Crippen MR) is 99.8 cm³/mol. The SMILES string of the molecule is CCC1(CN=C(N)N2CCN(c3nccs3)CC2)CC1.I. The first-order valence-corrected chi connectivity index (χ1v) is 8.30. The van der Waals surface area contributed by atoms with Gasteiger partial charge in [0.05, 0.1) is 0 Å². The predicted octanol–water partition coefficient (Wildman–Crippen LogP) is 2.39. The highest BCUT2D eigenvalue weighted by Crippen LogP contribution is 2.48. The lowest BCUT2D eigenvalue weighted by Gasteiger charge is -2.35. The van der Waals surface area contributed by atoms with Gasteiger partial charge in [-0.05, 0) is 24.7 Å². The van der Waals surface area contributed by atoms with E-state index >= 15 is 0 Å². The Hall–Kier alpha value is -0.570. The molecule has 5 nitrogen and oxygen atoms in total. The molecular weight excluding hydrogens is 397 g/mol. The number of thiazole rings is 1. The van der Waals surface area contributed by atoms with Crippen LogP contribution in [0.3, 0.4) is 0 Å². The second-order valence-electron chi connectivity index (χ2n) is 5.82. The molecule has 0 aromatic carbocycles. The van der Waals surface area contributed by atoms with E-state index < -0.39 is 0 Å². The normalized spacial score (nSPS) is 21.1. The number of aliphatic imine (C=N–C) groups is 1. The molecule has 2 heterocycles. The number of nitrogens with two attached hydrogens (primary N) is 1. The van der Waals surface area contributed by atoms with Crippen LogP contribution < -0.4 is 10.6 Å². The third-order valence-corrected chi connectivity index (χ3v) is 5.41. The van der Waals surface area contributed by atoms with Crippen molar-refractivity contribution in [2.24, 2.45) is 16.1 Å². The molecule has 3 rings (SSSR count). The van der Waals surface area contributed by atoms with Crippen molar-refractivity contribution in [2.75, 3.05) is 37.6 Å². The average Bonchev–Trinajstić information content (AvgIpc) is 3.07. The van der Waals surface area contributed by atoms with E-state index in [1.165, 1.54) is 19.3 Å². The Morgan fingerprint density at radius 1 is 1.38 bits per heavy atom. The lowest BCUT2D eigenvalue weighted by molar-refractivity contribution is 0.378. The summed E-state index contributed by atoms with van der Waals surface area (Å²) in [4.78, 5) is 13.5. The van der Waals surface area contributed by atoms with Crippen molar-refractivity contribution in [3.8, 4) is 0 Å². The highest BCUT2D eigenvalue weighted by molar-refractivity contribution is 14.0. The van der Waals surface area contributed by atoms with Crippen LogP contribution in [0.5, 0.6) is 0 Å². The van der Waals surface area contributed by atoms with Crippen molar-refractivity contribution in [2.45, 2.75) is 26.2 Å². The first-order valence-electron chi connectivity index (χ1n) is 7.42. The summed E-state index contributed by atoms with van der Waals surface area (Å²) < 4.78 is 0. The quantitative estimate of drug-likeness (QED) is 0.461. The zero-order valence-electron chi connectivity index (χ0n) is 12.5. The zero-order chi connectivity index (χ0) is 14.0. The number of hydrogen-bond acceptors (Lipinski definition) is 4. The molecule has 1 aliphatic heterocycles. The second-order valence-corrected chi connectivity index (χ2v) is 6.69. The third kappa shape index (κ3) is 4.00. The summed E-state index contributed by atoms with van der Waals surface area (Å²) in [5.74, 6) is 0.725. The molecule has 1 aliphatic carbocycles. The first-order chi connectivity index (χ1) is 9.72. The number of rotatable bonds is 4. The Morgan fingerprint density at radius 3 is 2.62 bits per heavy atom. The van der Waals surface area contributed by atoms with Crippen LogP contribution in [0.2, 0.25) is 0 Å². The summed E-state index contributed by atoms with van der Waals surface area (Å²) in [6.45, 7) is 6.99. The van der Waals surface area contributed by atoms with E-state index in [2.05, 4.69) is 26.7 Å². The summed E-state index contributed by atoms with van der Waals surface area (Å²) >= 11 is 1.70. The number of hydrogen-bond donors (Lipinski definition) is 1. The van der Waals surface area contributed by atoms with Crippen LogP contribution in [0.4, 0.5) is 5.13 Å². The molecule has 0 bridgehead atoms.